The van der Waals surface area contributed by atoms with Crippen LogP contribution >= 0.6 is 0 Å². The van der Waals surface area contributed by atoms with E-state index in [4.69, 9.17) is 0 Å². The van der Waals surface area contributed by atoms with Gasteiger partial charge in [-0.25, -0.2) is 4.68 Å². The number of fused-ring (bicyclic) bond motifs is 1. The summed E-state index contributed by atoms with van der Waals surface area (Å²) in [5.41, 5.74) is 3.57. The lowest BCUT2D eigenvalue weighted by Crippen LogP contribution is -2.40. The molecule has 5 nitrogen and oxygen atoms in total. The molecular weight excluding hydrogens is 346 g/mol. The fraction of sp³-hybridized carbons (Fsp3) is 0.565. The van der Waals surface area contributed by atoms with Crippen LogP contribution in [0.4, 0.5) is 0 Å². The van der Waals surface area contributed by atoms with E-state index in [1.807, 2.05) is 17.8 Å². The fourth-order valence-corrected chi connectivity index (χ4v) is 4.84. The van der Waals surface area contributed by atoms with Gasteiger partial charge >= 0.3 is 0 Å². The SMILES string of the molecule is CN=C(NCCCc1cn(-c2ccccc2)nc1C)N1CC2CCCCC2C1. The monoisotopic (exact) mass is 379 g/mol. The van der Waals surface area contributed by atoms with E-state index in [1.165, 1.54) is 44.3 Å². The number of nitrogens with zero attached hydrogens (tertiary/aromatic N) is 4. The first kappa shape index (κ1) is 19.0. The first-order valence-electron chi connectivity index (χ1n) is 10.8. The van der Waals surface area contributed by atoms with Gasteiger partial charge in [0.1, 0.15) is 0 Å². The zero-order valence-electron chi connectivity index (χ0n) is 17.3. The molecule has 1 aliphatic heterocycles. The molecule has 4 rings (SSSR count). The Morgan fingerprint density at radius 1 is 1.14 bits per heavy atom. The minimum absolute atomic E-state index is 0.888. The van der Waals surface area contributed by atoms with E-state index >= 15 is 0 Å². The molecule has 1 aliphatic carbocycles. The maximum Gasteiger partial charge on any atom is 0.193 e. The van der Waals surface area contributed by atoms with Crippen molar-refractivity contribution in [2.45, 2.75) is 45.4 Å². The standard InChI is InChI=1S/C23H33N5/c1-18-19(17-28(26-18)22-12-4-3-5-13-22)11-8-14-25-23(24-2)27-15-20-9-6-7-10-21(20)16-27/h3-5,12-13,17,20-21H,6-11,14-16H2,1-2H3,(H,24,25). The highest BCUT2D eigenvalue weighted by Gasteiger charge is 2.35. The second kappa shape index (κ2) is 8.80. The van der Waals surface area contributed by atoms with Crippen molar-refractivity contribution in [1.82, 2.24) is 20.0 Å². The van der Waals surface area contributed by atoms with Crippen LogP contribution in [0.5, 0.6) is 0 Å². The number of aliphatic imine (C=N–C) groups is 1. The number of nitrogens with one attached hydrogen (secondary N) is 1. The molecule has 2 unspecified atom stereocenters. The number of benzene rings is 1. The Labute approximate surface area is 168 Å². The fourth-order valence-electron chi connectivity index (χ4n) is 4.84. The van der Waals surface area contributed by atoms with Gasteiger partial charge in [0.15, 0.2) is 5.96 Å². The number of aryl methyl sites for hydroxylation is 2. The van der Waals surface area contributed by atoms with Gasteiger partial charge < -0.3 is 10.2 Å². The van der Waals surface area contributed by atoms with Gasteiger partial charge in [0.2, 0.25) is 0 Å². The van der Waals surface area contributed by atoms with Gasteiger partial charge in [-0.2, -0.15) is 5.10 Å². The van der Waals surface area contributed by atoms with Crippen LogP contribution in [-0.4, -0.2) is 47.3 Å². The molecule has 150 valence electrons. The minimum Gasteiger partial charge on any atom is -0.356 e. The Bertz CT molecular complexity index is 781. The maximum atomic E-state index is 4.68. The van der Waals surface area contributed by atoms with Crippen molar-refractivity contribution in [1.29, 1.82) is 0 Å². The van der Waals surface area contributed by atoms with E-state index in [0.717, 1.165) is 48.6 Å². The predicted octanol–water partition coefficient (Wildman–Crippen LogP) is 3.81. The summed E-state index contributed by atoms with van der Waals surface area (Å²) in [7, 11) is 1.92. The van der Waals surface area contributed by atoms with Gasteiger partial charge in [-0.05, 0) is 62.1 Å². The van der Waals surface area contributed by atoms with E-state index in [1.54, 1.807) is 0 Å². The number of aromatic nitrogens is 2. The summed E-state index contributed by atoms with van der Waals surface area (Å²) in [6.45, 7) is 5.43. The Kier molecular flexibility index (Phi) is 5.98. The van der Waals surface area contributed by atoms with Crippen LogP contribution in [0.1, 0.15) is 43.4 Å². The molecule has 28 heavy (non-hydrogen) atoms. The molecular formula is C23H33N5. The lowest BCUT2D eigenvalue weighted by molar-refractivity contribution is 0.299. The van der Waals surface area contributed by atoms with Crippen LogP contribution in [0, 0.1) is 18.8 Å². The highest BCUT2D eigenvalue weighted by atomic mass is 15.3. The van der Waals surface area contributed by atoms with Crippen molar-refractivity contribution in [3.8, 4) is 5.69 Å². The number of para-hydroxylation sites is 1. The Hall–Kier alpha value is -2.30. The third-order valence-corrected chi connectivity index (χ3v) is 6.41. The molecule has 1 saturated heterocycles. The molecule has 0 bridgehead atoms. The molecule has 2 atom stereocenters. The second-order valence-corrected chi connectivity index (χ2v) is 8.31. The van der Waals surface area contributed by atoms with E-state index in [-0.39, 0.29) is 0 Å². The third-order valence-electron chi connectivity index (χ3n) is 6.41. The van der Waals surface area contributed by atoms with E-state index in [0.29, 0.717) is 0 Å². The zero-order chi connectivity index (χ0) is 19.3. The summed E-state index contributed by atoms with van der Waals surface area (Å²) in [5.74, 6) is 2.86. The normalized spacial score (nSPS) is 22.4. The quantitative estimate of drug-likeness (QED) is 0.488. The van der Waals surface area contributed by atoms with Gasteiger partial charge in [-0.15, -0.1) is 0 Å². The number of hydrogen-bond donors (Lipinski definition) is 1. The van der Waals surface area contributed by atoms with Crippen LogP contribution in [0.25, 0.3) is 5.69 Å². The highest BCUT2D eigenvalue weighted by Crippen LogP contribution is 2.35. The van der Waals surface area contributed by atoms with Crippen LogP contribution in [-0.2, 0) is 6.42 Å². The largest absolute Gasteiger partial charge is 0.356 e. The van der Waals surface area contributed by atoms with E-state index < -0.39 is 0 Å². The maximum absolute atomic E-state index is 4.68. The van der Waals surface area contributed by atoms with Crippen molar-refractivity contribution < 1.29 is 0 Å². The first-order valence-corrected chi connectivity index (χ1v) is 10.8. The van der Waals surface area contributed by atoms with Gasteiger partial charge in [-0.3, -0.25) is 4.99 Å². The molecule has 0 radical (unpaired) electrons. The average Bonchev–Trinajstić information content (AvgIpc) is 3.32. The lowest BCUT2D eigenvalue weighted by atomic mass is 9.82. The summed E-state index contributed by atoms with van der Waals surface area (Å²) in [5, 5.41) is 8.28. The molecule has 1 saturated carbocycles. The molecule has 2 fully saturated rings. The number of likely N-dealkylation sites (tertiary alicyclic amines) is 1. The molecule has 0 amide bonds. The van der Waals surface area contributed by atoms with Crippen LogP contribution < -0.4 is 5.32 Å². The number of hydrogen-bond acceptors (Lipinski definition) is 2. The topological polar surface area (TPSA) is 45.5 Å². The molecule has 2 aliphatic rings. The summed E-state index contributed by atoms with van der Waals surface area (Å²) in [6, 6.07) is 10.3. The summed E-state index contributed by atoms with van der Waals surface area (Å²) < 4.78 is 1.99. The summed E-state index contributed by atoms with van der Waals surface area (Å²) in [6.07, 6.45) is 9.93. The predicted molar refractivity (Wildman–Crippen MR) is 115 cm³/mol. The molecule has 5 heteroatoms. The highest BCUT2D eigenvalue weighted by molar-refractivity contribution is 5.80. The Morgan fingerprint density at radius 3 is 2.54 bits per heavy atom. The molecule has 0 spiro atoms. The Balaban J connectivity index is 1.27. The molecule has 1 N–H and O–H groups in total. The number of guanidine groups is 1. The van der Waals surface area contributed by atoms with Crippen LogP contribution in [0.3, 0.4) is 0 Å². The second-order valence-electron chi connectivity index (χ2n) is 8.31. The van der Waals surface area contributed by atoms with Crippen molar-refractivity contribution in [3.63, 3.8) is 0 Å². The van der Waals surface area contributed by atoms with Gasteiger partial charge in [-0.1, -0.05) is 31.0 Å². The number of rotatable bonds is 5. The molecule has 1 aromatic carbocycles. The minimum atomic E-state index is 0.888. The zero-order valence-corrected chi connectivity index (χ0v) is 17.3. The average molecular weight is 380 g/mol. The van der Waals surface area contributed by atoms with Crippen LogP contribution in [0.15, 0.2) is 41.5 Å². The molecule has 2 heterocycles. The molecule has 1 aromatic heterocycles. The smallest absolute Gasteiger partial charge is 0.193 e. The summed E-state index contributed by atoms with van der Waals surface area (Å²) in [4.78, 5) is 7.03. The van der Waals surface area contributed by atoms with Crippen molar-refractivity contribution in [3.05, 3.63) is 47.8 Å². The third kappa shape index (κ3) is 4.23. The van der Waals surface area contributed by atoms with Crippen molar-refractivity contribution in [2.75, 3.05) is 26.7 Å². The van der Waals surface area contributed by atoms with E-state index in [2.05, 4.69) is 57.7 Å². The van der Waals surface area contributed by atoms with Crippen molar-refractivity contribution >= 4 is 5.96 Å². The van der Waals surface area contributed by atoms with Gasteiger partial charge in [0, 0.05) is 32.9 Å². The Morgan fingerprint density at radius 2 is 1.86 bits per heavy atom. The van der Waals surface area contributed by atoms with Crippen LogP contribution in [0.2, 0.25) is 0 Å². The first-order chi connectivity index (χ1) is 13.7. The van der Waals surface area contributed by atoms with E-state index in [9.17, 15) is 0 Å². The lowest BCUT2D eigenvalue weighted by Gasteiger charge is -2.22. The van der Waals surface area contributed by atoms with Gasteiger partial charge in [0.05, 0.1) is 11.4 Å². The molecule has 2 aromatic rings. The van der Waals surface area contributed by atoms with Gasteiger partial charge in [0.25, 0.3) is 0 Å². The summed E-state index contributed by atoms with van der Waals surface area (Å²) >= 11 is 0. The van der Waals surface area contributed by atoms with Crippen molar-refractivity contribution in [2.24, 2.45) is 16.8 Å².